The quantitative estimate of drug-likeness (QED) is 0.812. The van der Waals surface area contributed by atoms with E-state index in [2.05, 4.69) is 10.2 Å². The van der Waals surface area contributed by atoms with Gasteiger partial charge in [0.1, 0.15) is 5.82 Å². The third-order valence-corrected chi connectivity index (χ3v) is 4.63. The van der Waals surface area contributed by atoms with Gasteiger partial charge in [-0.15, -0.1) is 0 Å². The number of ether oxygens (including phenoxy) is 1. The van der Waals surface area contributed by atoms with Gasteiger partial charge in [-0.25, -0.2) is 4.39 Å². The number of amides is 1. The summed E-state index contributed by atoms with van der Waals surface area (Å²) in [6, 6.07) is 4.41. The van der Waals surface area contributed by atoms with Gasteiger partial charge in [-0.1, -0.05) is 31.0 Å². The topological polar surface area (TPSA) is 41.6 Å². The molecule has 0 saturated carbocycles. The number of rotatable bonds is 7. The van der Waals surface area contributed by atoms with E-state index < -0.39 is 0 Å². The number of halogens is 2. The molecule has 1 fully saturated rings. The van der Waals surface area contributed by atoms with Crippen LogP contribution in [-0.2, 0) is 9.53 Å². The zero-order chi connectivity index (χ0) is 17.5. The Bertz CT molecular complexity index is 536. The molecule has 2 rings (SSSR count). The number of unbranched alkanes of at least 4 members (excludes halogenated alkanes) is 1. The predicted octanol–water partition coefficient (Wildman–Crippen LogP) is 3.55. The van der Waals surface area contributed by atoms with Crippen LogP contribution in [0.25, 0.3) is 0 Å². The van der Waals surface area contributed by atoms with Crippen LogP contribution in [0, 0.1) is 5.82 Å². The molecule has 1 amide bonds. The number of nitrogens with one attached hydrogen (secondary N) is 1. The van der Waals surface area contributed by atoms with Crippen LogP contribution in [0.5, 0.6) is 0 Å². The number of hydrogen-bond donors (Lipinski definition) is 1. The lowest BCUT2D eigenvalue weighted by Gasteiger charge is -2.38. The van der Waals surface area contributed by atoms with Crippen LogP contribution >= 0.6 is 11.6 Å². The number of benzene rings is 1. The summed E-state index contributed by atoms with van der Waals surface area (Å²) in [5, 5.41) is 3.33. The van der Waals surface area contributed by atoms with Crippen LogP contribution in [0.15, 0.2) is 18.2 Å². The van der Waals surface area contributed by atoms with Gasteiger partial charge in [0.05, 0.1) is 18.8 Å². The van der Waals surface area contributed by atoms with Crippen molar-refractivity contribution in [2.45, 2.75) is 45.3 Å². The summed E-state index contributed by atoms with van der Waals surface area (Å²) in [5.41, 5.74) is 0.448. The zero-order valence-electron chi connectivity index (χ0n) is 14.4. The van der Waals surface area contributed by atoms with Crippen molar-refractivity contribution < 1.29 is 13.9 Å². The highest BCUT2D eigenvalue weighted by molar-refractivity contribution is 6.31. The van der Waals surface area contributed by atoms with Gasteiger partial charge < -0.3 is 10.1 Å². The van der Waals surface area contributed by atoms with Gasteiger partial charge >= 0.3 is 0 Å². The molecule has 1 heterocycles. The van der Waals surface area contributed by atoms with Crippen molar-refractivity contribution in [3.8, 4) is 0 Å². The molecule has 1 aliphatic rings. The highest BCUT2D eigenvalue weighted by Crippen LogP contribution is 2.31. The van der Waals surface area contributed by atoms with Gasteiger partial charge in [0.15, 0.2) is 0 Å². The summed E-state index contributed by atoms with van der Waals surface area (Å²) in [7, 11) is 0. The smallest absolute Gasteiger partial charge is 0.220 e. The maximum absolute atomic E-state index is 14.4. The lowest BCUT2D eigenvalue weighted by Crippen LogP contribution is -2.46. The van der Waals surface area contributed by atoms with E-state index in [0.29, 0.717) is 43.2 Å². The van der Waals surface area contributed by atoms with Crippen LogP contribution in [0.4, 0.5) is 4.39 Å². The first-order chi connectivity index (χ1) is 11.5. The van der Waals surface area contributed by atoms with Gasteiger partial charge in [-0.05, 0) is 25.5 Å². The minimum atomic E-state index is -0.338. The Labute approximate surface area is 148 Å². The van der Waals surface area contributed by atoms with E-state index in [1.165, 1.54) is 6.07 Å². The van der Waals surface area contributed by atoms with E-state index in [-0.39, 0.29) is 23.9 Å². The molecule has 0 aromatic heterocycles. The Morgan fingerprint density at radius 1 is 1.54 bits per heavy atom. The molecule has 1 aromatic rings. The molecule has 1 aromatic carbocycles. The molecular formula is C18H26ClFN2O2. The Morgan fingerprint density at radius 2 is 2.33 bits per heavy atom. The minimum absolute atomic E-state index is 0.00406. The van der Waals surface area contributed by atoms with Gasteiger partial charge in [-0.2, -0.15) is 0 Å². The van der Waals surface area contributed by atoms with Crippen LogP contribution in [0.3, 0.4) is 0 Å². The minimum Gasteiger partial charge on any atom is -0.376 e. The third-order valence-electron chi connectivity index (χ3n) is 4.30. The van der Waals surface area contributed by atoms with E-state index in [0.717, 1.165) is 12.8 Å². The fourth-order valence-electron chi connectivity index (χ4n) is 3.01. The van der Waals surface area contributed by atoms with E-state index in [1.54, 1.807) is 12.1 Å². The average molecular weight is 357 g/mol. The molecule has 2 atom stereocenters. The molecule has 4 nitrogen and oxygen atoms in total. The van der Waals surface area contributed by atoms with E-state index in [1.807, 2.05) is 13.8 Å². The summed E-state index contributed by atoms with van der Waals surface area (Å²) in [6.07, 6.45) is 2.39. The number of morpholine rings is 1. The van der Waals surface area contributed by atoms with Crippen molar-refractivity contribution in [3.63, 3.8) is 0 Å². The summed E-state index contributed by atoms with van der Waals surface area (Å²) in [5.74, 6) is -0.343. The van der Waals surface area contributed by atoms with E-state index in [4.69, 9.17) is 16.3 Å². The molecule has 1 aliphatic heterocycles. The first-order valence-corrected chi connectivity index (χ1v) is 8.97. The molecular weight excluding hydrogens is 331 g/mol. The van der Waals surface area contributed by atoms with Crippen LogP contribution < -0.4 is 5.32 Å². The molecule has 0 aliphatic carbocycles. The van der Waals surface area contributed by atoms with Crippen molar-refractivity contribution >= 4 is 17.5 Å². The van der Waals surface area contributed by atoms with Gasteiger partial charge in [-0.3, -0.25) is 9.69 Å². The lowest BCUT2D eigenvalue weighted by atomic mass is 10.0. The monoisotopic (exact) mass is 356 g/mol. The second kappa shape index (κ2) is 9.35. The molecule has 2 unspecified atom stereocenters. The molecule has 0 spiro atoms. The van der Waals surface area contributed by atoms with Gasteiger partial charge in [0, 0.05) is 36.6 Å². The number of hydrogen-bond acceptors (Lipinski definition) is 3. The van der Waals surface area contributed by atoms with E-state index >= 15 is 0 Å². The van der Waals surface area contributed by atoms with Crippen LogP contribution in [0.2, 0.25) is 5.02 Å². The normalized spacial score (nSPS) is 19.9. The van der Waals surface area contributed by atoms with Crippen molar-refractivity contribution in [1.29, 1.82) is 0 Å². The maximum atomic E-state index is 14.4. The molecule has 24 heavy (non-hydrogen) atoms. The maximum Gasteiger partial charge on any atom is 0.220 e. The highest BCUT2D eigenvalue weighted by atomic mass is 35.5. The van der Waals surface area contributed by atoms with Crippen molar-refractivity contribution in [2.24, 2.45) is 0 Å². The molecule has 1 saturated heterocycles. The first-order valence-electron chi connectivity index (χ1n) is 8.59. The second-order valence-corrected chi connectivity index (χ2v) is 6.64. The summed E-state index contributed by atoms with van der Waals surface area (Å²) < 4.78 is 20.0. The largest absolute Gasteiger partial charge is 0.376 e. The molecule has 1 N–H and O–H groups in total. The second-order valence-electron chi connectivity index (χ2n) is 6.24. The predicted molar refractivity (Wildman–Crippen MR) is 93.7 cm³/mol. The summed E-state index contributed by atoms with van der Waals surface area (Å²) in [6.45, 7) is 6.34. The van der Waals surface area contributed by atoms with Crippen molar-refractivity contribution in [1.82, 2.24) is 10.2 Å². The van der Waals surface area contributed by atoms with Gasteiger partial charge in [0.2, 0.25) is 5.91 Å². The molecule has 134 valence electrons. The fraction of sp³-hybridized carbons (Fsp3) is 0.611. The number of nitrogens with zero attached hydrogens (tertiary/aromatic N) is 1. The van der Waals surface area contributed by atoms with Crippen molar-refractivity contribution in [3.05, 3.63) is 34.6 Å². The highest BCUT2D eigenvalue weighted by Gasteiger charge is 2.29. The average Bonchev–Trinajstić information content (AvgIpc) is 2.55. The zero-order valence-corrected chi connectivity index (χ0v) is 15.1. The third kappa shape index (κ3) is 5.16. The fourth-order valence-corrected chi connectivity index (χ4v) is 3.30. The Kier molecular flexibility index (Phi) is 7.46. The number of carbonyl (C=O) groups excluding carboxylic acids is 1. The standard InChI is InChI=1S/C18H26ClFN2O2/c1-3-4-8-17(23)21-11-16(22-9-10-24-13(2)12-22)18-14(19)6-5-7-15(18)20/h5-7,13,16H,3-4,8-12H2,1-2H3,(H,21,23). The summed E-state index contributed by atoms with van der Waals surface area (Å²) >= 11 is 6.27. The Balaban J connectivity index is 2.16. The van der Waals surface area contributed by atoms with Crippen LogP contribution in [-0.4, -0.2) is 43.2 Å². The first kappa shape index (κ1) is 19.2. The Morgan fingerprint density at radius 3 is 3.00 bits per heavy atom. The molecule has 0 bridgehead atoms. The van der Waals surface area contributed by atoms with Crippen molar-refractivity contribution in [2.75, 3.05) is 26.2 Å². The van der Waals surface area contributed by atoms with Crippen LogP contribution in [0.1, 0.15) is 44.7 Å². The summed E-state index contributed by atoms with van der Waals surface area (Å²) in [4.78, 5) is 14.1. The van der Waals surface area contributed by atoms with Gasteiger partial charge in [0.25, 0.3) is 0 Å². The van der Waals surface area contributed by atoms with E-state index in [9.17, 15) is 9.18 Å². The SMILES string of the molecule is CCCCC(=O)NCC(c1c(F)cccc1Cl)N1CCOC(C)C1. The Hall–Kier alpha value is -1.17. The lowest BCUT2D eigenvalue weighted by molar-refractivity contribution is -0.121. The molecule has 6 heteroatoms. The molecule has 0 radical (unpaired) electrons. The number of carbonyl (C=O) groups is 1.